The summed E-state index contributed by atoms with van der Waals surface area (Å²) in [5.74, 6) is 0.351. The van der Waals surface area contributed by atoms with E-state index in [9.17, 15) is 9.59 Å². The van der Waals surface area contributed by atoms with Crippen LogP contribution in [0.2, 0.25) is 0 Å². The van der Waals surface area contributed by atoms with Crippen LogP contribution in [0.3, 0.4) is 0 Å². The van der Waals surface area contributed by atoms with E-state index in [4.69, 9.17) is 9.47 Å². The lowest BCUT2D eigenvalue weighted by Gasteiger charge is -2.15. The Hall–Kier alpha value is -4.13. The molecule has 33 heavy (non-hydrogen) atoms. The van der Waals surface area contributed by atoms with Crippen LogP contribution >= 0.6 is 0 Å². The number of aryl methyl sites for hydroxylation is 2. The number of nitrogens with zero attached hydrogens (tertiary/aromatic N) is 2. The number of aromatic nitrogens is 1. The molecular weight excluding hydrogens is 418 g/mol. The van der Waals surface area contributed by atoms with Crippen molar-refractivity contribution < 1.29 is 19.1 Å². The summed E-state index contributed by atoms with van der Waals surface area (Å²) in [5, 5.41) is 3.17. The highest BCUT2D eigenvalue weighted by molar-refractivity contribution is 6.36. The minimum absolute atomic E-state index is 0.158. The largest absolute Gasteiger partial charge is 0.493 e. The molecule has 0 radical (unpaired) electrons. The van der Waals surface area contributed by atoms with Crippen molar-refractivity contribution in [3.63, 3.8) is 0 Å². The van der Waals surface area contributed by atoms with Gasteiger partial charge in [-0.2, -0.15) is 0 Å². The van der Waals surface area contributed by atoms with Crippen LogP contribution in [-0.4, -0.2) is 35.9 Å². The molecule has 1 aromatic heterocycles. The molecule has 1 aliphatic heterocycles. The zero-order chi connectivity index (χ0) is 23.5. The van der Waals surface area contributed by atoms with E-state index in [-0.39, 0.29) is 24.1 Å². The van der Waals surface area contributed by atoms with Gasteiger partial charge in [-0.25, -0.2) is 0 Å². The van der Waals surface area contributed by atoms with Crippen LogP contribution in [0.1, 0.15) is 22.3 Å². The van der Waals surface area contributed by atoms with E-state index in [0.717, 1.165) is 16.7 Å². The highest BCUT2D eigenvalue weighted by Gasteiger charge is 2.39. The SMILES string of the molecule is COc1ccc(NC2=C(c3ccc(C)c(C)c3)C(=O)N(Cc3ccncc3)C2=O)cc1OC. The lowest BCUT2D eigenvalue weighted by atomic mass is 9.99. The van der Waals surface area contributed by atoms with Gasteiger partial charge in [0.15, 0.2) is 11.5 Å². The van der Waals surface area contributed by atoms with Crippen LogP contribution in [0.25, 0.3) is 5.57 Å². The van der Waals surface area contributed by atoms with E-state index in [1.54, 1.807) is 56.9 Å². The number of pyridine rings is 1. The number of benzene rings is 2. The van der Waals surface area contributed by atoms with Gasteiger partial charge < -0.3 is 14.8 Å². The molecule has 0 spiro atoms. The molecule has 168 valence electrons. The van der Waals surface area contributed by atoms with Crippen LogP contribution in [0, 0.1) is 13.8 Å². The molecule has 7 heteroatoms. The number of imide groups is 1. The molecule has 0 bridgehead atoms. The van der Waals surface area contributed by atoms with Crippen LogP contribution in [0.15, 0.2) is 66.6 Å². The molecule has 1 aliphatic rings. The first-order chi connectivity index (χ1) is 15.9. The van der Waals surface area contributed by atoms with Crippen LogP contribution in [0.4, 0.5) is 5.69 Å². The molecule has 1 N–H and O–H groups in total. The molecule has 0 aliphatic carbocycles. The second-order valence-electron chi connectivity index (χ2n) is 7.80. The average molecular weight is 444 g/mol. The van der Waals surface area contributed by atoms with Gasteiger partial charge in [0.05, 0.1) is 26.3 Å². The lowest BCUT2D eigenvalue weighted by Crippen LogP contribution is -2.32. The molecule has 2 aromatic carbocycles. The van der Waals surface area contributed by atoms with Crippen molar-refractivity contribution in [2.45, 2.75) is 20.4 Å². The second kappa shape index (κ2) is 9.16. The van der Waals surface area contributed by atoms with Crippen LogP contribution < -0.4 is 14.8 Å². The second-order valence-corrected chi connectivity index (χ2v) is 7.80. The quantitative estimate of drug-likeness (QED) is 0.554. The number of rotatable bonds is 7. The van der Waals surface area contributed by atoms with Gasteiger partial charge in [-0.05, 0) is 60.4 Å². The summed E-state index contributed by atoms with van der Waals surface area (Å²) in [7, 11) is 3.10. The number of carbonyl (C=O) groups is 2. The van der Waals surface area contributed by atoms with Crippen molar-refractivity contribution in [2.24, 2.45) is 0 Å². The first-order valence-electron chi connectivity index (χ1n) is 10.5. The van der Waals surface area contributed by atoms with Gasteiger partial charge in [0, 0.05) is 24.1 Å². The summed E-state index contributed by atoms with van der Waals surface area (Å²) in [6.07, 6.45) is 3.28. The topological polar surface area (TPSA) is 80.8 Å². The smallest absolute Gasteiger partial charge is 0.278 e. The standard InChI is InChI=1S/C26H25N3O4/c1-16-5-6-19(13-17(16)2)23-24(28-20-7-8-21(32-3)22(14-20)33-4)26(31)29(25(23)30)15-18-9-11-27-12-10-18/h5-14,28H,15H2,1-4H3. The fourth-order valence-corrected chi connectivity index (χ4v) is 3.73. The van der Waals surface area contributed by atoms with Gasteiger partial charge >= 0.3 is 0 Å². The molecule has 0 saturated heterocycles. The van der Waals surface area contributed by atoms with Crippen molar-refractivity contribution in [1.29, 1.82) is 0 Å². The summed E-state index contributed by atoms with van der Waals surface area (Å²) in [4.78, 5) is 32.2. The molecule has 2 heterocycles. The monoisotopic (exact) mass is 443 g/mol. The maximum atomic E-state index is 13.5. The summed E-state index contributed by atoms with van der Waals surface area (Å²) in [6, 6.07) is 14.6. The molecular formula is C26H25N3O4. The molecule has 0 atom stereocenters. The third kappa shape index (κ3) is 4.30. The zero-order valence-corrected chi connectivity index (χ0v) is 19.0. The van der Waals surface area contributed by atoms with Gasteiger partial charge in [-0.3, -0.25) is 19.5 Å². The first-order valence-corrected chi connectivity index (χ1v) is 10.5. The van der Waals surface area contributed by atoms with E-state index in [0.29, 0.717) is 28.3 Å². The first kappa shape index (κ1) is 22.1. The van der Waals surface area contributed by atoms with Crippen LogP contribution in [0.5, 0.6) is 11.5 Å². The van der Waals surface area contributed by atoms with Gasteiger partial charge in [-0.15, -0.1) is 0 Å². The number of anilines is 1. The summed E-state index contributed by atoms with van der Waals surface area (Å²) < 4.78 is 10.7. The number of amides is 2. The molecule has 0 saturated carbocycles. The van der Waals surface area contributed by atoms with Gasteiger partial charge in [-0.1, -0.05) is 18.2 Å². The molecule has 0 unspecified atom stereocenters. The number of ether oxygens (including phenoxy) is 2. The Morgan fingerprint density at radius 2 is 1.58 bits per heavy atom. The maximum Gasteiger partial charge on any atom is 0.278 e. The number of carbonyl (C=O) groups excluding carboxylic acids is 2. The minimum atomic E-state index is -0.389. The van der Waals surface area contributed by atoms with Crippen molar-refractivity contribution in [2.75, 3.05) is 19.5 Å². The molecule has 4 rings (SSSR count). The number of hydrogen-bond acceptors (Lipinski definition) is 6. The third-order valence-corrected chi connectivity index (χ3v) is 5.71. The summed E-state index contributed by atoms with van der Waals surface area (Å²) >= 11 is 0. The van der Waals surface area contributed by atoms with Crippen molar-refractivity contribution in [3.8, 4) is 11.5 Å². The van der Waals surface area contributed by atoms with Crippen molar-refractivity contribution in [1.82, 2.24) is 9.88 Å². The number of hydrogen-bond donors (Lipinski definition) is 1. The Morgan fingerprint density at radius 1 is 0.848 bits per heavy atom. The highest BCUT2D eigenvalue weighted by atomic mass is 16.5. The van der Waals surface area contributed by atoms with E-state index in [2.05, 4.69) is 10.3 Å². The Bertz CT molecular complexity index is 1250. The van der Waals surface area contributed by atoms with E-state index in [1.165, 1.54) is 4.90 Å². The van der Waals surface area contributed by atoms with E-state index >= 15 is 0 Å². The predicted octanol–water partition coefficient (Wildman–Crippen LogP) is 4.11. The average Bonchev–Trinajstić information content (AvgIpc) is 3.05. The Labute approximate surface area is 192 Å². The fraction of sp³-hybridized carbons (Fsp3) is 0.192. The van der Waals surface area contributed by atoms with Gasteiger partial charge in [0.2, 0.25) is 0 Å². The Kier molecular flexibility index (Phi) is 6.13. The lowest BCUT2D eigenvalue weighted by molar-refractivity contribution is -0.137. The van der Waals surface area contributed by atoms with Crippen LogP contribution in [-0.2, 0) is 16.1 Å². The van der Waals surface area contributed by atoms with Gasteiger partial charge in [0.25, 0.3) is 11.8 Å². The van der Waals surface area contributed by atoms with Gasteiger partial charge in [0.1, 0.15) is 5.70 Å². The molecule has 2 amide bonds. The summed E-state index contributed by atoms with van der Waals surface area (Å²) in [5.41, 5.74) is 4.83. The molecule has 3 aromatic rings. The van der Waals surface area contributed by atoms with E-state index < -0.39 is 0 Å². The summed E-state index contributed by atoms with van der Waals surface area (Å²) in [6.45, 7) is 4.15. The third-order valence-electron chi connectivity index (χ3n) is 5.71. The Balaban J connectivity index is 1.77. The number of methoxy groups -OCH3 is 2. The maximum absolute atomic E-state index is 13.5. The van der Waals surface area contributed by atoms with E-state index in [1.807, 2.05) is 32.0 Å². The zero-order valence-electron chi connectivity index (χ0n) is 19.0. The molecule has 7 nitrogen and oxygen atoms in total. The Morgan fingerprint density at radius 3 is 2.24 bits per heavy atom. The van der Waals surface area contributed by atoms with Crippen molar-refractivity contribution in [3.05, 3.63) is 88.9 Å². The highest BCUT2D eigenvalue weighted by Crippen LogP contribution is 2.35. The number of nitrogens with one attached hydrogen (secondary N) is 1. The molecule has 0 fully saturated rings. The van der Waals surface area contributed by atoms with Crippen molar-refractivity contribution >= 4 is 23.1 Å². The minimum Gasteiger partial charge on any atom is -0.493 e. The normalized spacial score (nSPS) is 13.5. The predicted molar refractivity (Wildman–Crippen MR) is 126 cm³/mol. The fourth-order valence-electron chi connectivity index (χ4n) is 3.73.